The second-order valence-electron chi connectivity index (χ2n) is 4.29. The van der Waals surface area contributed by atoms with Crippen LogP contribution in [0.15, 0.2) is 36.5 Å². The van der Waals surface area contributed by atoms with Crippen molar-refractivity contribution < 1.29 is 4.74 Å². The summed E-state index contributed by atoms with van der Waals surface area (Å²) in [5.74, 6) is 1.49. The van der Waals surface area contributed by atoms with Crippen LogP contribution in [0.1, 0.15) is 17.1 Å². The molecule has 0 saturated carbocycles. The highest BCUT2D eigenvalue weighted by atomic mass is 16.5. The van der Waals surface area contributed by atoms with Crippen LogP contribution >= 0.6 is 0 Å². The van der Waals surface area contributed by atoms with Gasteiger partial charge in [0, 0.05) is 19.3 Å². The lowest BCUT2D eigenvalue weighted by Crippen LogP contribution is -2.14. The molecule has 102 valence electrons. The lowest BCUT2D eigenvalue weighted by molar-refractivity contribution is 0.367. The van der Waals surface area contributed by atoms with Crippen molar-refractivity contribution in [2.75, 3.05) is 6.61 Å². The molecule has 0 bridgehead atoms. The van der Waals surface area contributed by atoms with Gasteiger partial charge in [0.1, 0.15) is 17.6 Å². The van der Waals surface area contributed by atoms with Crippen molar-refractivity contribution in [3.63, 3.8) is 0 Å². The molecule has 2 aromatic rings. The molecule has 0 aliphatic carbocycles. The molecule has 0 saturated heterocycles. The van der Waals surface area contributed by atoms with Gasteiger partial charge in [-0.1, -0.05) is 12.1 Å². The van der Waals surface area contributed by atoms with E-state index in [-0.39, 0.29) is 6.61 Å². The Labute approximate surface area is 118 Å². The van der Waals surface area contributed by atoms with Gasteiger partial charge in [0.15, 0.2) is 6.61 Å². The molecule has 0 unspecified atom stereocenters. The number of benzene rings is 1. The summed E-state index contributed by atoms with van der Waals surface area (Å²) < 4.78 is 5.27. The van der Waals surface area contributed by atoms with Crippen molar-refractivity contribution in [1.29, 1.82) is 5.26 Å². The molecule has 5 heteroatoms. The lowest BCUT2D eigenvalue weighted by atomic mass is 10.2. The Kier molecular flexibility index (Phi) is 5.04. The van der Waals surface area contributed by atoms with Crippen molar-refractivity contribution in [3.05, 3.63) is 53.6 Å². The highest BCUT2D eigenvalue weighted by molar-refractivity contribution is 5.28. The van der Waals surface area contributed by atoms with Crippen molar-refractivity contribution in [2.24, 2.45) is 0 Å². The number of nitrogens with zero attached hydrogens (tertiary/aromatic N) is 3. The highest BCUT2D eigenvalue weighted by Crippen LogP contribution is 2.13. The van der Waals surface area contributed by atoms with Gasteiger partial charge in [0.25, 0.3) is 0 Å². The van der Waals surface area contributed by atoms with Crippen LogP contribution in [0.5, 0.6) is 5.75 Å². The Balaban J connectivity index is 1.86. The van der Waals surface area contributed by atoms with E-state index in [0.717, 1.165) is 17.1 Å². The van der Waals surface area contributed by atoms with Gasteiger partial charge in [-0.3, -0.25) is 0 Å². The monoisotopic (exact) mass is 268 g/mol. The first-order valence-electron chi connectivity index (χ1n) is 6.36. The summed E-state index contributed by atoms with van der Waals surface area (Å²) in [6.45, 7) is 3.34. The predicted molar refractivity (Wildman–Crippen MR) is 74.9 cm³/mol. The maximum Gasteiger partial charge on any atom is 0.174 e. The topological polar surface area (TPSA) is 70.8 Å². The normalized spacial score (nSPS) is 10.0. The molecule has 2 rings (SSSR count). The van der Waals surface area contributed by atoms with E-state index >= 15 is 0 Å². The standard InChI is InChI=1S/C15H16N4O/c1-12-18-7-5-14(19-12)11-17-10-13-3-2-4-15(9-13)20-8-6-16/h2-5,7,9,17H,8,10-11H2,1H3. The summed E-state index contributed by atoms with van der Waals surface area (Å²) >= 11 is 0. The fraction of sp³-hybridized carbons (Fsp3) is 0.267. The number of hydrogen-bond acceptors (Lipinski definition) is 5. The van der Waals surface area contributed by atoms with E-state index in [4.69, 9.17) is 10.00 Å². The molecular weight excluding hydrogens is 252 g/mol. The fourth-order valence-corrected chi connectivity index (χ4v) is 1.80. The molecule has 0 aliphatic heterocycles. The zero-order valence-electron chi connectivity index (χ0n) is 11.3. The third-order valence-corrected chi connectivity index (χ3v) is 2.67. The van der Waals surface area contributed by atoms with Gasteiger partial charge >= 0.3 is 0 Å². The minimum absolute atomic E-state index is 0.0666. The predicted octanol–water partition coefficient (Wildman–Crippen LogP) is 1.98. The largest absolute Gasteiger partial charge is 0.479 e. The van der Waals surface area contributed by atoms with Crippen molar-refractivity contribution in [2.45, 2.75) is 20.0 Å². The Bertz CT molecular complexity index is 607. The van der Waals surface area contributed by atoms with Crippen LogP contribution in [0.3, 0.4) is 0 Å². The fourth-order valence-electron chi connectivity index (χ4n) is 1.80. The number of ether oxygens (including phenoxy) is 1. The van der Waals surface area contributed by atoms with E-state index < -0.39 is 0 Å². The van der Waals surface area contributed by atoms with Crippen LogP contribution in [0.25, 0.3) is 0 Å². The van der Waals surface area contributed by atoms with Crippen LogP contribution < -0.4 is 10.1 Å². The van der Waals surface area contributed by atoms with Crippen LogP contribution in [-0.2, 0) is 13.1 Å². The number of rotatable bonds is 6. The van der Waals surface area contributed by atoms with Crippen LogP contribution in [0.4, 0.5) is 0 Å². The van der Waals surface area contributed by atoms with E-state index in [2.05, 4.69) is 15.3 Å². The van der Waals surface area contributed by atoms with Gasteiger partial charge in [-0.15, -0.1) is 0 Å². The number of aryl methyl sites for hydroxylation is 1. The first-order valence-corrected chi connectivity index (χ1v) is 6.36. The van der Waals surface area contributed by atoms with E-state index in [9.17, 15) is 0 Å². The van der Waals surface area contributed by atoms with Gasteiger partial charge in [0.05, 0.1) is 5.69 Å². The molecule has 1 aromatic carbocycles. The van der Waals surface area contributed by atoms with E-state index in [1.807, 2.05) is 43.3 Å². The Morgan fingerprint density at radius 2 is 2.20 bits per heavy atom. The molecule has 0 radical (unpaired) electrons. The third kappa shape index (κ3) is 4.34. The van der Waals surface area contributed by atoms with E-state index in [0.29, 0.717) is 18.8 Å². The van der Waals surface area contributed by atoms with Gasteiger partial charge in [-0.2, -0.15) is 5.26 Å². The average molecular weight is 268 g/mol. The minimum Gasteiger partial charge on any atom is -0.479 e. The Morgan fingerprint density at radius 3 is 3.00 bits per heavy atom. The SMILES string of the molecule is Cc1nccc(CNCc2cccc(OCC#N)c2)n1. The van der Waals surface area contributed by atoms with E-state index in [1.165, 1.54) is 0 Å². The summed E-state index contributed by atoms with van der Waals surface area (Å²) in [5, 5.41) is 11.8. The molecule has 20 heavy (non-hydrogen) atoms. The molecule has 1 aromatic heterocycles. The number of nitrogens with one attached hydrogen (secondary N) is 1. The Hall–Kier alpha value is -2.45. The molecule has 0 fully saturated rings. The number of aromatic nitrogens is 2. The first kappa shape index (κ1) is 14.0. The van der Waals surface area contributed by atoms with Crippen molar-refractivity contribution in [1.82, 2.24) is 15.3 Å². The molecule has 0 aliphatic rings. The summed E-state index contributed by atoms with van der Waals surface area (Å²) in [6.07, 6.45) is 1.76. The first-order chi connectivity index (χ1) is 9.78. The summed E-state index contributed by atoms with van der Waals surface area (Å²) in [7, 11) is 0. The maximum atomic E-state index is 8.49. The van der Waals surface area contributed by atoms with Crippen molar-refractivity contribution in [3.8, 4) is 11.8 Å². The summed E-state index contributed by atoms with van der Waals surface area (Å²) in [4.78, 5) is 8.39. The molecule has 0 amide bonds. The quantitative estimate of drug-likeness (QED) is 0.867. The van der Waals surface area contributed by atoms with Crippen molar-refractivity contribution >= 4 is 0 Å². The van der Waals surface area contributed by atoms with Crippen LogP contribution in [0.2, 0.25) is 0 Å². The van der Waals surface area contributed by atoms with Crippen LogP contribution in [0, 0.1) is 18.3 Å². The lowest BCUT2D eigenvalue weighted by Gasteiger charge is -2.07. The molecule has 1 N–H and O–H groups in total. The third-order valence-electron chi connectivity index (χ3n) is 2.67. The summed E-state index contributed by atoms with van der Waals surface area (Å²) in [5.41, 5.74) is 2.07. The number of nitriles is 1. The highest BCUT2D eigenvalue weighted by Gasteiger charge is 1.99. The van der Waals surface area contributed by atoms with Gasteiger partial charge < -0.3 is 10.1 Å². The zero-order valence-corrected chi connectivity index (χ0v) is 11.3. The second-order valence-corrected chi connectivity index (χ2v) is 4.29. The van der Waals surface area contributed by atoms with Crippen LogP contribution in [-0.4, -0.2) is 16.6 Å². The molecule has 0 atom stereocenters. The van der Waals surface area contributed by atoms with E-state index in [1.54, 1.807) is 6.20 Å². The molecule has 1 heterocycles. The second kappa shape index (κ2) is 7.22. The van der Waals surface area contributed by atoms with Gasteiger partial charge in [0.2, 0.25) is 0 Å². The maximum absolute atomic E-state index is 8.49. The number of hydrogen-bond donors (Lipinski definition) is 1. The van der Waals surface area contributed by atoms with Gasteiger partial charge in [-0.25, -0.2) is 9.97 Å². The minimum atomic E-state index is 0.0666. The Morgan fingerprint density at radius 1 is 1.30 bits per heavy atom. The molecule has 5 nitrogen and oxygen atoms in total. The average Bonchev–Trinajstić information content (AvgIpc) is 2.46. The molecular formula is C15H16N4O. The zero-order chi connectivity index (χ0) is 14.2. The molecule has 0 spiro atoms. The van der Waals surface area contributed by atoms with Gasteiger partial charge in [-0.05, 0) is 30.7 Å². The summed E-state index contributed by atoms with van der Waals surface area (Å²) in [6, 6.07) is 11.5. The smallest absolute Gasteiger partial charge is 0.174 e.